The van der Waals surface area contributed by atoms with Crippen LogP contribution in [-0.4, -0.2) is 4.98 Å². The number of benzene rings is 1. The molecule has 0 radical (unpaired) electrons. The van der Waals surface area contributed by atoms with Crippen LogP contribution in [0.2, 0.25) is 0 Å². The third-order valence-electron chi connectivity index (χ3n) is 1.86. The minimum atomic E-state index is 0.690. The van der Waals surface area contributed by atoms with E-state index in [9.17, 15) is 0 Å². The highest BCUT2D eigenvalue weighted by molar-refractivity contribution is 9.10. The molecular weight excluding hydrogens is 228 g/mol. The first-order valence-electron chi connectivity index (χ1n) is 3.95. The largest absolute Gasteiger partial charge is 0.385 e. The third kappa shape index (κ3) is 1.75. The fraction of sp³-hybridized carbons (Fsp3) is 0. The zero-order valence-corrected chi connectivity index (χ0v) is 8.51. The molecule has 3 heteroatoms. The summed E-state index contributed by atoms with van der Waals surface area (Å²) in [6.07, 6.45) is 1.90. The van der Waals surface area contributed by atoms with Gasteiger partial charge >= 0.3 is 0 Å². The molecule has 66 valence electrons. The number of hydrogen-bond donors (Lipinski definition) is 2. The van der Waals surface area contributed by atoms with E-state index in [-0.39, 0.29) is 0 Å². The van der Waals surface area contributed by atoms with Gasteiger partial charge < -0.3 is 10.7 Å². The van der Waals surface area contributed by atoms with Gasteiger partial charge in [-0.3, -0.25) is 0 Å². The highest BCUT2D eigenvalue weighted by Gasteiger charge is 1.99. The highest BCUT2D eigenvalue weighted by Crippen LogP contribution is 2.23. The number of nitrogens with one attached hydrogen (secondary N) is 1. The Bertz CT molecular complexity index is 420. The number of nitrogen functional groups attached to an aromatic ring is 1. The normalized spacial score (nSPS) is 10.2. The van der Waals surface area contributed by atoms with Crippen molar-refractivity contribution in [2.45, 2.75) is 0 Å². The van der Waals surface area contributed by atoms with Crippen molar-refractivity contribution in [3.05, 3.63) is 41.0 Å². The van der Waals surface area contributed by atoms with Gasteiger partial charge in [0.05, 0.1) is 0 Å². The SMILES string of the molecule is Nc1cc(-c2cccc(Br)c2)c[nH]1. The summed E-state index contributed by atoms with van der Waals surface area (Å²) in [4.78, 5) is 2.95. The Morgan fingerprint density at radius 2 is 2.00 bits per heavy atom. The summed E-state index contributed by atoms with van der Waals surface area (Å²) in [5.74, 6) is 0.690. The van der Waals surface area contributed by atoms with Gasteiger partial charge in [-0.05, 0) is 23.8 Å². The van der Waals surface area contributed by atoms with Crippen LogP contribution < -0.4 is 5.73 Å². The molecule has 0 aliphatic rings. The summed E-state index contributed by atoms with van der Waals surface area (Å²) in [5, 5.41) is 0. The van der Waals surface area contributed by atoms with Crippen LogP contribution in [0.15, 0.2) is 41.0 Å². The summed E-state index contributed by atoms with van der Waals surface area (Å²) in [6, 6.07) is 10.0. The van der Waals surface area contributed by atoms with Crippen LogP contribution in [0.1, 0.15) is 0 Å². The standard InChI is InChI=1S/C10H9BrN2/c11-9-3-1-2-7(4-9)8-5-10(12)13-6-8/h1-6,13H,12H2. The first-order valence-corrected chi connectivity index (χ1v) is 4.75. The van der Waals surface area contributed by atoms with Crippen molar-refractivity contribution in [3.63, 3.8) is 0 Å². The number of rotatable bonds is 1. The van der Waals surface area contributed by atoms with Gasteiger partial charge in [0, 0.05) is 16.2 Å². The van der Waals surface area contributed by atoms with Gasteiger partial charge in [-0.15, -0.1) is 0 Å². The fourth-order valence-corrected chi connectivity index (χ4v) is 1.65. The number of aromatic amines is 1. The van der Waals surface area contributed by atoms with Gasteiger partial charge in [-0.1, -0.05) is 28.1 Å². The lowest BCUT2D eigenvalue weighted by atomic mass is 10.1. The molecule has 0 unspecified atom stereocenters. The van der Waals surface area contributed by atoms with E-state index in [0.29, 0.717) is 5.82 Å². The first-order chi connectivity index (χ1) is 6.25. The Balaban J connectivity index is 2.46. The molecule has 0 fully saturated rings. The maximum absolute atomic E-state index is 5.59. The lowest BCUT2D eigenvalue weighted by Gasteiger charge is -1.96. The summed E-state index contributed by atoms with van der Waals surface area (Å²) >= 11 is 3.42. The Morgan fingerprint density at radius 1 is 1.15 bits per heavy atom. The van der Waals surface area contributed by atoms with E-state index in [4.69, 9.17) is 5.73 Å². The van der Waals surface area contributed by atoms with Crippen molar-refractivity contribution < 1.29 is 0 Å². The van der Waals surface area contributed by atoms with Crippen LogP contribution >= 0.6 is 15.9 Å². The van der Waals surface area contributed by atoms with E-state index in [2.05, 4.69) is 27.0 Å². The number of anilines is 1. The topological polar surface area (TPSA) is 41.8 Å². The molecule has 0 atom stereocenters. The zero-order valence-electron chi connectivity index (χ0n) is 6.92. The second kappa shape index (κ2) is 3.26. The second-order valence-electron chi connectivity index (χ2n) is 2.85. The molecule has 1 aromatic carbocycles. The highest BCUT2D eigenvalue weighted by atomic mass is 79.9. The molecule has 0 bridgehead atoms. The van der Waals surface area contributed by atoms with Crippen molar-refractivity contribution in [2.24, 2.45) is 0 Å². The van der Waals surface area contributed by atoms with E-state index in [0.717, 1.165) is 15.6 Å². The Morgan fingerprint density at radius 3 is 2.62 bits per heavy atom. The molecule has 2 nitrogen and oxygen atoms in total. The van der Waals surface area contributed by atoms with Crippen molar-refractivity contribution in [1.29, 1.82) is 0 Å². The van der Waals surface area contributed by atoms with Crippen LogP contribution in [0.4, 0.5) is 5.82 Å². The molecule has 1 heterocycles. The smallest absolute Gasteiger partial charge is 0.101 e. The minimum absolute atomic E-state index is 0.690. The van der Waals surface area contributed by atoms with Gasteiger partial charge in [0.1, 0.15) is 5.82 Å². The monoisotopic (exact) mass is 236 g/mol. The minimum Gasteiger partial charge on any atom is -0.385 e. The number of hydrogen-bond acceptors (Lipinski definition) is 1. The van der Waals surface area contributed by atoms with Crippen LogP contribution in [0, 0.1) is 0 Å². The molecule has 1 aromatic heterocycles. The molecule has 13 heavy (non-hydrogen) atoms. The summed E-state index contributed by atoms with van der Waals surface area (Å²) < 4.78 is 1.07. The molecule has 0 aliphatic carbocycles. The van der Waals surface area contributed by atoms with Crippen LogP contribution in [0.3, 0.4) is 0 Å². The summed E-state index contributed by atoms with van der Waals surface area (Å²) in [6.45, 7) is 0. The van der Waals surface area contributed by atoms with Crippen molar-refractivity contribution >= 4 is 21.7 Å². The molecule has 0 saturated carbocycles. The summed E-state index contributed by atoms with van der Waals surface area (Å²) in [5.41, 5.74) is 7.85. The predicted molar refractivity (Wildman–Crippen MR) is 58.3 cm³/mol. The number of H-pyrrole nitrogens is 1. The van der Waals surface area contributed by atoms with Crippen LogP contribution in [-0.2, 0) is 0 Å². The van der Waals surface area contributed by atoms with Crippen molar-refractivity contribution in [1.82, 2.24) is 4.98 Å². The molecule has 0 saturated heterocycles. The second-order valence-corrected chi connectivity index (χ2v) is 3.77. The average molecular weight is 237 g/mol. The first kappa shape index (κ1) is 8.38. The number of nitrogens with two attached hydrogens (primary N) is 1. The quantitative estimate of drug-likeness (QED) is 0.786. The van der Waals surface area contributed by atoms with Crippen molar-refractivity contribution in [2.75, 3.05) is 5.73 Å². The van der Waals surface area contributed by atoms with Gasteiger partial charge in [0.15, 0.2) is 0 Å². The van der Waals surface area contributed by atoms with Crippen LogP contribution in [0.25, 0.3) is 11.1 Å². The zero-order chi connectivity index (χ0) is 9.26. The molecule has 2 rings (SSSR count). The Hall–Kier alpha value is -1.22. The number of aromatic nitrogens is 1. The maximum atomic E-state index is 5.59. The molecule has 2 aromatic rings. The van der Waals surface area contributed by atoms with Gasteiger partial charge in [0.25, 0.3) is 0 Å². The van der Waals surface area contributed by atoms with E-state index >= 15 is 0 Å². The molecule has 0 spiro atoms. The summed E-state index contributed by atoms with van der Waals surface area (Å²) in [7, 11) is 0. The fourth-order valence-electron chi connectivity index (χ4n) is 1.25. The van der Waals surface area contributed by atoms with Crippen LogP contribution in [0.5, 0.6) is 0 Å². The van der Waals surface area contributed by atoms with E-state index in [1.807, 2.05) is 30.5 Å². The van der Waals surface area contributed by atoms with E-state index in [1.165, 1.54) is 0 Å². The molecule has 0 amide bonds. The van der Waals surface area contributed by atoms with E-state index < -0.39 is 0 Å². The van der Waals surface area contributed by atoms with Crippen molar-refractivity contribution in [3.8, 4) is 11.1 Å². The molecule has 0 aliphatic heterocycles. The Labute approximate surface area is 84.9 Å². The Kier molecular flexibility index (Phi) is 2.10. The van der Waals surface area contributed by atoms with E-state index in [1.54, 1.807) is 0 Å². The molecule has 3 N–H and O–H groups in total. The average Bonchev–Trinajstić information content (AvgIpc) is 2.52. The lowest BCUT2D eigenvalue weighted by Crippen LogP contribution is -1.79. The molecular formula is C10H9BrN2. The van der Waals surface area contributed by atoms with Gasteiger partial charge in [0.2, 0.25) is 0 Å². The third-order valence-corrected chi connectivity index (χ3v) is 2.36. The predicted octanol–water partition coefficient (Wildman–Crippen LogP) is 3.03. The van der Waals surface area contributed by atoms with Gasteiger partial charge in [-0.25, -0.2) is 0 Å². The van der Waals surface area contributed by atoms with Gasteiger partial charge in [-0.2, -0.15) is 0 Å². The maximum Gasteiger partial charge on any atom is 0.101 e. The number of halogens is 1. The lowest BCUT2D eigenvalue weighted by molar-refractivity contribution is 1.41.